The number of rotatable bonds is 7. The van der Waals surface area contributed by atoms with Crippen molar-refractivity contribution < 1.29 is 28.9 Å². The van der Waals surface area contributed by atoms with E-state index in [1.54, 1.807) is 20.8 Å². The van der Waals surface area contributed by atoms with E-state index < -0.39 is 23.9 Å². The van der Waals surface area contributed by atoms with E-state index in [2.05, 4.69) is 4.74 Å². The van der Waals surface area contributed by atoms with E-state index in [1.807, 2.05) is 6.92 Å². The lowest BCUT2D eigenvalue weighted by Crippen LogP contribution is -2.49. The molecule has 0 saturated carbocycles. The molecule has 0 bridgehead atoms. The summed E-state index contributed by atoms with van der Waals surface area (Å²) >= 11 is 0. The molecule has 0 aromatic heterocycles. The van der Waals surface area contributed by atoms with Gasteiger partial charge in [0.15, 0.2) is 0 Å². The van der Waals surface area contributed by atoms with Gasteiger partial charge in [0, 0.05) is 13.7 Å². The molecule has 0 aliphatic carbocycles. The van der Waals surface area contributed by atoms with Crippen molar-refractivity contribution in [2.75, 3.05) is 20.4 Å². The number of hydrogen-bond donors (Lipinski definition) is 1. The van der Waals surface area contributed by atoms with Crippen LogP contribution in [0.15, 0.2) is 0 Å². The minimum absolute atomic E-state index is 0.218. The van der Waals surface area contributed by atoms with Crippen LogP contribution in [0.25, 0.3) is 0 Å². The second kappa shape index (κ2) is 7.96. The van der Waals surface area contributed by atoms with Crippen LogP contribution in [0.3, 0.4) is 0 Å². The number of ether oxygens (including phenoxy) is 3. The lowest BCUT2D eigenvalue weighted by atomic mass is 10.2. The average Bonchev–Trinajstić information content (AvgIpc) is 2.25. The zero-order valence-corrected chi connectivity index (χ0v) is 12.1. The minimum atomic E-state index is -1.42. The first-order valence-electron chi connectivity index (χ1n) is 6.06. The van der Waals surface area contributed by atoms with Gasteiger partial charge in [0.25, 0.3) is 0 Å². The molecular weight excluding hydrogens is 254 g/mol. The van der Waals surface area contributed by atoms with E-state index in [9.17, 15) is 9.59 Å². The smallest absolute Gasteiger partial charge is 0.412 e. The van der Waals surface area contributed by atoms with E-state index >= 15 is 0 Å². The Balaban J connectivity index is 4.91. The van der Waals surface area contributed by atoms with Gasteiger partial charge in [-0.2, -0.15) is 0 Å². The Morgan fingerprint density at radius 3 is 2.26 bits per heavy atom. The highest BCUT2D eigenvalue weighted by atomic mass is 16.7. The molecule has 0 aliphatic heterocycles. The van der Waals surface area contributed by atoms with Crippen molar-refractivity contribution in [3.8, 4) is 0 Å². The molecule has 0 radical (unpaired) electrons. The normalized spacial score (nSPS) is 12.9. The van der Waals surface area contributed by atoms with E-state index in [4.69, 9.17) is 14.6 Å². The summed E-state index contributed by atoms with van der Waals surface area (Å²) in [5, 5.41) is 9.11. The second-order valence-corrected chi connectivity index (χ2v) is 4.94. The van der Waals surface area contributed by atoms with Crippen LogP contribution in [0.1, 0.15) is 34.1 Å². The van der Waals surface area contributed by atoms with Gasteiger partial charge in [-0.1, -0.05) is 6.92 Å². The van der Waals surface area contributed by atoms with Gasteiger partial charge in [0.1, 0.15) is 12.4 Å². The minimum Gasteiger partial charge on any atom is -0.478 e. The van der Waals surface area contributed by atoms with Crippen molar-refractivity contribution >= 4 is 12.1 Å². The monoisotopic (exact) mass is 277 g/mol. The first kappa shape index (κ1) is 17.7. The van der Waals surface area contributed by atoms with Gasteiger partial charge in [0.2, 0.25) is 6.23 Å². The number of carbonyl (C=O) groups excluding carboxylic acids is 1. The third-order valence-electron chi connectivity index (χ3n) is 1.93. The van der Waals surface area contributed by atoms with Crippen LogP contribution >= 0.6 is 0 Å². The molecule has 7 nitrogen and oxygen atoms in total. The average molecular weight is 277 g/mol. The summed E-state index contributed by atoms with van der Waals surface area (Å²) in [4.78, 5) is 24.2. The van der Waals surface area contributed by atoms with Gasteiger partial charge in [-0.3, -0.25) is 4.90 Å². The van der Waals surface area contributed by atoms with Crippen molar-refractivity contribution in [2.45, 2.75) is 45.9 Å². The van der Waals surface area contributed by atoms with Gasteiger partial charge in [0.05, 0.1) is 0 Å². The lowest BCUT2D eigenvalue weighted by Gasteiger charge is -2.30. The highest BCUT2D eigenvalue weighted by molar-refractivity contribution is 5.78. The lowest BCUT2D eigenvalue weighted by molar-refractivity contribution is -0.177. The molecule has 1 amide bonds. The highest BCUT2D eigenvalue weighted by Gasteiger charge is 2.33. The largest absolute Gasteiger partial charge is 0.478 e. The molecule has 112 valence electrons. The number of hydrogen-bond acceptors (Lipinski definition) is 5. The predicted octanol–water partition coefficient (Wildman–Crippen LogP) is 1.66. The van der Waals surface area contributed by atoms with E-state index in [1.165, 1.54) is 7.11 Å². The zero-order valence-electron chi connectivity index (χ0n) is 12.1. The summed E-state index contributed by atoms with van der Waals surface area (Å²) in [6.45, 7) is 6.95. The molecule has 19 heavy (non-hydrogen) atoms. The molecule has 0 spiro atoms. The van der Waals surface area contributed by atoms with Crippen molar-refractivity contribution in [1.29, 1.82) is 0 Å². The molecule has 0 rings (SSSR count). The van der Waals surface area contributed by atoms with Gasteiger partial charge >= 0.3 is 12.1 Å². The molecule has 0 aliphatic rings. The van der Waals surface area contributed by atoms with Crippen LogP contribution in [0, 0.1) is 0 Å². The SMILES string of the molecule is CCCN(C(=O)OC(C)(C)C)C(OCOC)C(=O)O. The summed E-state index contributed by atoms with van der Waals surface area (Å²) in [5.41, 5.74) is -0.701. The molecular formula is C12H23NO6. The molecule has 0 aromatic rings. The molecule has 0 heterocycles. The Labute approximate surface area is 113 Å². The van der Waals surface area contributed by atoms with Crippen LogP contribution < -0.4 is 0 Å². The van der Waals surface area contributed by atoms with Crippen LogP contribution in [0.5, 0.6) is 0 Å². The third kappa shape index (κ3) is 6.97. The van der Waals surface area contributed by atoms with E-state index in [0.29, 0.717) is 6.42 Å². The van der Waals surface area contributed by atoms with Crippen molar-refractivity contribution in [3.05, 3.63) is 0 Å². The molecule has 7 heteroatoms. The Bertz CT molecular complexity index is 299. The molecule has 1 unspecified atom stereocenters. The molecule has 1 atom stereocenters. The van der Waals surface area contributed by atoms with Gasteiger partial charge in [-0.15, -0.1) is 0 Å². The fourth-order valence-electron chi connectivity index (χ4n) is 1.29. The number of aliphatic carboxylic acids is 1. The highest BCUT2D eigenvalue weighted by Crippen LogP contribution is 2.13. The molecule has 0 aromatic carbocycles. The maximum absolute atomic E-state index is 12.0. The topological polar surface area (TPSA) is 85.3 Å². The fraction of sp³-hybridized carbons (Fsp3) is 0.833. The number of methoxy groups -OCH3 is 1. The Kier molecular flexibility index (Phi) is 7.40. The quantitative estimate of drug-likeness (QED) is 0.712. The van der Waals surface area contributed by atoms with Crippen molar-refractivity contribution in [1.82, 2.24) is 4.90 Å². The summed E-state index contributed by atoms with van der Waals surface area (Å²) in [6, 6.07) is 0. The standard InChI is InChI=1S/C12H23NO6/c1-6-7-13(11(16)19-12(2,3)4)9(10(14)15)18-8-17-5/h9H,6-8H2,1-5H3,(H,14,15). The number of nitrogens with zero attached hydrogens (tertiary/aromatic N) is 1. The number of carbonyl (C=O) groups is 2. The molecule has 0 fully saturated rings. The second-order valence-electron chi connectivity index (χ2n) is 4.94. The zero-order chi connectivity index (χ0) is 15.1. The van der Waals surface area contributed by atoms with E-state index in [-0.39, 0.29) is 13.3 Å². The fourth-order valence-corrected chi connectivity index (χ4v) is 1.29. The number of carboxylic acid groups (broad SMARTS) is 1. The van der Waals surface area contributed by atoms with Crippen molar-refractivity contribution in [2.24, 2.45) is 0 Å². The van der Waals surface area contributed by atoms with Gasteiger partial charge in [-0.05, 0) is 27.2 Å². The first-order chi connectivity index (χ1) is 8.72. The predicted molar refractivity (Wildman–Crippen MR) is 67.6 cm³/mol. The summed E-state index contributed by atoms with van der Waals surface area (Å²) in [7, 11) is 1.37. The van der Waals surface area contributed by atoms with Crippen LogP contribution in [0.4, 0.5) is 4.79 Å². The van der Waals surface area contributed by atoms with Crippen LogP contribution in [-0.2, 0) is 19.0 Å². The molecule has 1 N–H and O–H groups in total. The Hall–Kier alpha value is -1.34. The third-order valence-corrected chi connectivity index (χ3v) is 1.93. The first-order valence-corrected chi connectivity index (χ1v) is 6.06. The van der Waals surface area contributed by atoms with Crippen LogP contribution in [-0.4, -0.2) is 54.3 Å². The maximum atomic E-state index is 12.0. The summed E-state index contributed by atoms with van der Waals surface area (Å²) in [6.07, 6.45) is -1.56. The molecule has 0 saturated heterocycles. The Morgan fingerprint density at radius 2 is 1.89 bits per heavy atom. The summed E-state index contributed by atoms with van der Waals surface area (Å²) in [5.74, 6) is -1.27. The number of amides is 1. The number of carboxylic acids is 1. The Morgan fingerprint density at radius 1 is 1.32 bits per heavy atom. The van der Waals surface area contributed by atoms with Crippen molar-refractivity contribution in [3.63, 3.8) is 0 Å². The maximum Gasteiger partial charge on any atom is 0.412 e. The van der Waals surface area contributed by atoms with Crippen LogP contribution in [0.2, 0.25) is 0 Å². The van der Waals surface area contributed by atoms with E-state index in [0.717, 1.165) is 4.90 Å². The van der Waals surface area contributed by atoms with Gasteiger partial charge in [-0.25, -0.2) is 9.59 Å². The summed E-state index contributed by atoms with van der Waals surface area (Å²) < 4.78 is 14.8. The van der Waals surface area contributed by atoms with Gasteiger partial charge < -0.3 is 19.3 Å².